The SMILES string of the molecule is CCCCC[C@H]1[C@@H]2CC[C@H](Cc3ccccc3)[C@H]12. The molecule has 18 heavy (non-hydrogen) atoms. The van der Waals surface area contributed by atoms with Crippen LogP contribution in [0.4, 0.5) is 0 Å². The number of hydrogen-bond donors (Lipinski definition) is 0. The Hall–Kier alpha value is -0.780. The summed E-state index contributed by atoms with van der Waals surface area (Å²) in [6, 6.07) is 11.1. The van der Waals surface area contributed by atoms with Gasteiger partial charge in [0.1, 0.15) is 0 Å². The van der Waals surface area contributed by atoms with Crippen LogP contribution in [0.2, 0.25) is 0 Å². The molecule has 0 nitrogen and oxygen atoms in total. The van der Waals surface area contributed by atoms with E-state index in [0.717, 1.165) is 23.7 Å². The van der Waals surface area contributed by atoms with Crippen LogP contribution in [0, 0.1) is 23.7 Å². The Labute approximate surface area is 112 Å². The maximum absolute atomic E-state index is 2.31. The molecule has 1 aromatic rings. The van der Waals surface area contributed by atoms with E-state index in [4.69, 9.17) is 0 Å². The quantitative estimate of drug-likeness (QED) is 0.610. The van der Waals surface area contributed by atoms with Crippen molar-refractivity contribution in [3.63, 3.8) is 0 Å². The van der Waals surface area contributed by atoms with Crippen molar-refractivity contribution < 1.29 is 0 Å². The van der Waals surface area contributed by atoms with E-state index in [9.17, 15) is 0 Å². The standard InChI is InChI=1S/C18H26/c1-2-3-5-10-16-17-12-11-15(18(16)17)13-14-8-6-4-7-9-14/h4,6-9,15-18H,2-3,5,10-13H2,1H3/t15-,16+,17+,18-/m1/s1. The Morgan fingerprint density at radius 1 is 1.06 bits per heavy atom. The molecule has 98 valence electrons. The molecule has 0 amide bonds. The first-order valence-electron chi connectivity index (χ1n) is 7.94. The lowest BCUT2D eigenvalue weighted by molar-refractivity contribution is 0.410. The number of rotatable bonds is 6. The van der Waals surface area contributed by atoms with Gasteiger partial charge in [-0.1, -0.05) is 56.5 Å². The number of benzene rings is 1. The molecule has 2 aliphatic rings. The van der Waals surface area contributed by atoms with Crippen molar-refractivity contribution in [2.45, 2.75) is 51.9 Å². The van der Waals surface area contributed by atoms with Gasteiger partial charge in [-0.15, -0.1) is 0 Å². The summed E-state index contributed by atoms with van der Waals surface area (Å²) in [7, 11) is 0. The zero-order valence-corrected chi connectivity index (χ0v) is 11.6. The second-order valence-corrected chi connectivity index (χ2v) is 6.43. The van der Waals surface area contributed by atoms with Crippen LogP contribution < -0.4 is 0 Å². The summed E-state index contributed by atoms with van der Waals surface area (Å²) in [6.07, 6.45) is 10.2. The summed E-state index contributed by atoms with van der Waals surface area (Å²) < 4.78 is 0. The maximum atomic E-state index is 2.31. The molecule has 0 saturated heterocycles. The summed E-state index contributed by atoms with van der Waals surface area (Å²) in [5, 5.41) is 0. The van der Waals surface area contributed by atoms with Gasteiger partial charge >= 0.3 is 0 Å². The van der Waals surface area contributed by atoms with E-state index in [-0.39, 0.29) is 0 Å². The highest BCUT2D eigenvalue weighted by Crippen LogP contribution is 2.62. The Bertz CT molecular complexity index is 367. The highest BCUT2D eigenvalue weighted by molar-refractivity contribution is 5.17. The van der Waals surface area contributed by atoms with Crippen LogP contribution in [-0.2, 0) is 6.42 Å². The van der Waals surface area contributed by atoms with Gasteiger partial charge in [0.25, 0.3) is 0 Å². The number of fused-ring (bicyclic) bond motifs is 1. The van der Waals surface area contributed by atoms with Crippen LogP contribution >= 0.6 is 0 Å². The molecule has 2 fully saturated rings. The number of hydrogen-bond acceptors (Lipinski definition) is 0. The fourth-order valence-corrected chi connectivity index (χ4v) is 4.37. The molecule has 0 heteroatoms. The molecule has 4 atom stereocenters. The normalized spacial score (nSPS) is 33.4. The minimum absolute atomic E-state index is 1.00. The predicted octanol–water partition coefficient (Wildman–Crippen LogP) is 5.08. The predicted molar refractivity (Wildman–Crippen MR) is 77.5 cm³/mol. The fraction of sp³-hybridized carbons (Fsp3) is 0.667. The Balaban J connectivity index is 1.50. The molecule has 2 saturated carbocycles. The molecule has 3 rings (SSSR count). The van der Waals surface area contributed by atoms with Crippen LogP contribution in [-0.4, -0.2) is 0 Å². The third-order valence-corrected chi connectivity index (χ3v) is 5.29. The fourth-order valence-electron chi connectivity index (χ4n) is 4.37. The Kier molecular flexibility index (Phi) is 3.72. The van der Waals surface area contributed by atoms with Crippen LogP contribution in [0.15, 0.2) is 30.3 Å². The van der Waals surface area contributed by atoms with E-state index < -0.39 is 0 Å². The Morgan fingerprint density at radius 3 is 2.67 bits per heavy atom. The van der Waals surface area contributed by atoms with Gasteiger partial charge in [-0.25, -0.2) is 0 Å². The van der Waals surface area contributed by atoms with Crippen LogP contribution in [0.5, 0.6) is 0 Å². The molecule has 0 aromatic heterocycles. The first kappa shape index (κ1) is 12.3. The second-order valence-electron chi connectivity index (χ2n) is 6.43. The van der Waals surface area contributed by atoms with Crippen LogP contribution in [0.1, 0.15) is 51.0 Å². The minimum Gasteiger partial charge on any atom is -0.0654 e. The molecular weight excluding hydrogens is 216 g/mol. The van der Waals surface area contributed by atoms with Gasteiger partial charge in [-0.05, 0) is 54.9 Å². The van der Waals surface area contributed by atoms with E-state index in [2.05, 4.69) is 37.3 Å². The molecule has 0 spiro atoms. The number of unbranched alkanes of at least 4 members (excludes halogenated alkanes) is 2. The van der Waals surface area contributed by atoms with Crippen molar-refractivity contribution in [3.05, 3.63) is 35.9 Å². The van der Waals surface area contributed by atoms with Crippen LogP contribution in [0.25, 0.3) is 0 Å². The van der Waals surface area contributed by atoms with Gasteiger partial charge in [0.2, 0.25) is 0 Å². The van der Waals surface area contributed by atoms with Gasteiger partial charge in [-0.2, -0.15) is 0 Å². The van der Waals surface area contributed by atoms with Crippen molar-refractivity contribution in [2.75, 3.05) is 0 Å². The Morgan fingerprint density at radius 2 is 1.89 bits per heavy atom. The summed E-state index contributed by atoms with van der Waals surface area (Å²) in [6.45, 7) is 2.31. The zero-order valence-electron chi connectivity index (χ0n) is 11.6. The first-order valence-corrected chi connectivity index (χ1v) is 7.94. The van der Waals surface area contributed by atoms with Gasteiger partial charge in [0.15, 0.2) is 0 Å². The van der Waals surface area contributed by atoms with Gasteiger partial charge in [-0.3, -0.25) is 0 Å². The maximum Gasteiger partial charge on any atom is -0.0248 e. The highest BCUT2D eigenvalue weighted by atomic mass is 14.6. The van der Waals surface area contributed by atoms with Crippen molar-refractivity contribution in [3.8, 4) is 0 Å². The average molecular weight is 242 g/mol. The summed E-state index contributed by atoms with van der Waals surface area (Å²) >= 11 is 0. The van der Waals surface area contributed by atoms with Crippen molar-refractivity contribution in [1.82, 2.24) is 0 Å². The summed E-state index contributed by atoms with van der Waals surface area (Å²) in [5.74, 6) is 4.33. The molecule has 0 aliphatic heterocycles. The monoisotopic (exact) mass is 242 g/mol. The lowest BCUT2D eigenvalue weighted by Crippen LogP contribution is -2.06. The highest BCUT2D eigenvalue weighted by Gasteiger charge is 2.56. The van der Waals surface area contributed by atoms with Crippen molar-refractivity contribution in [2.24, 2.45) is 23.7 Å². The largest absolute Gasteiger partial charge is 0.0654 e. The first-order chi connectivity index (χ1) is 8.90. The van der Waals surface area contributed by atoms with Crippen molar-refractivity contribution >= 4 is 0 Å². The minimum atomic E-state index is 1.00. The lowest BCUT2D eigenvalue weighted by Gasteiger charge is -2.14. The summed E-state index contributed by atoms with van der Waals surface area (Å²) in [5.41, 5.74) is 1.56. The van der Waals surface area contributed by atoms with E-state index in [0.29, 0.717) is 0 Å². The second kappa shape index (κ2) is 5.47. The zero-order chi connectivity index (χ0) is 12.4. The van der Waals surface area contributed by atoms with E-state index in [1.54, 1.807) is 5.56 Å². The van der Waals surface area contributed by atoms with Crippen molar-refractivity contribution in [1.29, 1.82) is 0 Å². The lowest BCUT2D eigenvalue weighted by atomic mass is 9.91. The molecule has 0 radical (unpaired) electrons. The van der Waals surface area contributed by atoms with Gasteiger partial charge < -0.3 is 0 Å². The molecule has 0 heterocycles. The smallest absolute Gasteiger partial charge is 0.0248 e. The topological polar surface area (TPSA) is 0 Å². The molecule has 1 aromatic carbocycles. The van der Waals surface area contributed by atoms with E-state index in [1.165, 1.54) is 44.9 Å². The third-order valence-electron chi connectivity index (χ3n) is 5.29. The molecule has 0 unspecified atom stereocenters. The average Bonchev–Trinajstić information content (AvgIpc) is 2.93. The third kappa shape index (κ3) is 2.48. The molecule has 2 aliphatic carbocycles. The van der Waals surface area contributed by atoms with E-state index >= 15 is 0 Å². The van der Waals surface area contributed by atoms with Gasteiger partial charge in [0, 0.05) is 0 Å². The molecule has 0 N–H and O–H groups in total. The summed E-state index contributed by atoms with van der Waals surface area (Å²) in [4.78, 5) is 0. The molecule has 0 bridgehead atoms. The molecular formula is C18H26. The van der Waals surface area contributed by atoms with E-state index in [1.807, 2.05) is 0 Å². The van der Waals surface area contributed by atoms with Crippen LogP contribution in [0.3, 0.4) is 0 Å². The van der Waals surface area contributed by atoms with Gasteiger partial charge in [0.05, 0.1) is 0 Å².